The van der Waals surface area contributed by atoms with E-state index in [-0.39, 0.29) is 10.1 Å². The lowest BCUT2D eigenvalue weighted by molar-refractivity contribution is -0.134. The third kappa shape index (κ3) is 4.28. The molecule has 1 amide bonds. The fraction of sp³-hybridized carbons (Fsp3) is 0.643. The van der Waals surface area contributed by atoms with Crippen molar-refractivity contribution >= 4 is 27.3 Å². The molecule has 0 saturated carbocycles. The summed E-state index contributed by atoms with van der Waals surface area (Å²) in [7, 11) is -1.71. The van der Waals surface area contributed by atoms with E-state index in [1.54, 1.807) is 23.3 Å². The molecule has 1 aromatic rings. The molecule has 0 aliphatic carbocycles. The van der Waals surface area contributed by atoms with Crippen molar-refractivity contribution in [3.8, 4) is 0 Å². The third-order valence-electron chi connectivity index (χ3n) is 3.79. The van der Waals surface area contributed by atoms with Gasteiger partial charge in [-0.2, -0.15) is 4.72 Å². The number of likely N-dealkylation sites (tertiary alicyclic amines) is 1. The molecule has 2 heterocycles. The number of hydrogen-bond donors (Lipinski definition) is 2. The summed E-state index contributed by atoms with van der Waals surface area (Å²) in [5, 5.41) is 4.84. The average molecular weight is 345 g/mol. The molecule has 1 saturated heterocycles. The van der Waals surface area contributed by atoms with Gasteiger partial charge in [0.15, 0.2) is 0 Å². The van der Waals surface area contributed by atoms with Gasteiger partial charge in [0, 0.05) is 13.1 Å². The number of carbonyl (C=O) groups is 1. The van der Waals surface area contributed by atoms with Crippen LogP contribution in [0, 0.1) is 5.92 Å². The number of thiophene rings is 1. The van der Waals surface area contributed by atoms with Gasteiger partial charge in [-0.25, -0.2) is 8.42 Å². The fourth-order valence-electron chi connectivity index (χ4n) is 2.75. The number of piperidine rings is 1. The Balaban J connectivity index is 1.97. The molecule has 0 aromatic carbocycles. The lowest BCUT2D eigenvalue weighted by Gasteiger charge is -2.34. The molecule has 0 spiro atoms. The Morgan fingerprint density at radius 3 is 2.95 bits per heavy atom. The maximum Gasteiger partial charge on any atom is 0.250 e. The topological polar surface area (TPSA) is 78.5 Å². The van der Waals surface area contributed by atoms with Crippen LogP contribution in [0.15, 0.2) is 21.7 Å². The van der Waals surface area contributed by atoms with E-state index in [9.17, 15) is 13.2 Å². The normalized spacial score (nSPS) is 20.8. The quantitative estimate of drug-likeness (QED) is 0.802. The minimum absolute atomic E-state index is 0.152. The summed E-state index contributed by atoms with van der Waals surface area (Å²) in [6, 6.07) is 2.47. The highest BCUT2D eigenvalue weighted by molar-refractivity contribution is 7.91. The highest BCUT2D eigenvalue weighted by Gasteiger charge is 2.29. The second kappa shape index (κ2) is 7.54. The van der Waals surface area contributed by atoms with Crippen LogP contribution in [0.4, 0.5) is 0 Å². The molecular formula is C14H23N3O3S2. The molecule has 8 heteroatoms. The maximum atomic E-state index is 12.5. The van der Waals surface area contributed by atoms with Gasteiger partial charge in [-0.1, -0.05) is 6.07 Å². The van der Waals surface area contributed by atoms with Crippen molar-refractivity contribution < 1.29 is 13.2 Å². The highest BCUT2D eigenvalue weighted by atomic mass is 32.2. The van der Waals surface area contributed by atoms with E-state index in [1.165, 1.54) is 6.07 Å². The molecule has 0 radical (unpaired) electrons. The van der Waals surface area contributed by atoms with Crippen LogP contribution < -0.4 is 10.0 Å². The van der Waals surface area contributed by atoms with E-state index in [2.05, 4.69) is 10.0 Å². The molecular weight excluding hydrogens is 322 g/mol. The minimum atomic E-state index is -3.61. The molecule has 0 bridgehead atoms. The van der Waals surface area contributed by atoms with Crippen molar-refractivity contribution in [1.29, 1.82) is 0 Å². The summed E-state index contributed by atoms with van der Waals surface area (Å²) in [4.78, 5) is 14.2. The zero-order valence-electron chi connectivity index (χ0n) is 12.9. The zero-order valence-corrected chi connectivity index (χ0v) is 14.5. The molecule has 2 atom stereocenters. The Kier molecular flexibility index (Phi) is 5.96. The SMILES string of the molecule is CNCC1CCCN(C(=O)C(C)NS(=O)(=O)c2cccs2)C1. The maximum absolute atomic E-state index is 12.5. The Bertz CT molecular complexity index is 584. The van der Waals surface area contributed by atoms with E-state index in [0.29, 0.717) is 19.0 Å². The number of amides is 1. The van der Waals surface area contributed by atoms with Crippen LogP contribution in [0.25, 0.3) is 0 Å². The van der Waals surface area contributed by atoms with Crippen LogP contribution in [0.5, 0.6) is 0 Å². The van der Waals surface area contributed by atoms with Crippen molar-refractivity contribution in [3.63, 3.8) is 0 Å². The Morgan fingerprint density at radius 2 is 2.32 bits per heavy atom. The van der Waals surface area contributed by atoms with Gasteiger partial charge in [-0.05, 0) is 50.7 Å². The van der Waals surface area contributed by atoms with E-state index < -0.39 is 16.1 Å². The molecule has 1 aromatic heterocycles. The largest absolute Gasteiger partial charge is 0.341 e. The lowest BCUT2D eigenvalue weighted by Crippen LogP contribution is -2.50. The van der Waals surface area contributed by atoms with Gasteiger partial charge < -0.3 is 10.2 Å². The molecule has 2 rings (SSSR count). The van der Waals surface area contributed by atoms with Crippen LogP contribution in [-0.4, -0.2) is 51.9 Å². The van der Waals surface area contributed by atoms with E-state index in [0.717, 1.165) is 30.7 Å². The molecule has 2 unspecified atom stereocenters. The number of sulfonamides is 1. The van der Waals surface area contributed by atoms with Crippen LogP contribution >= 0.6 is 11.3 Å². The second-order valence-corrected chi connectivity index (χ2v) is 8.51. The monoisotopic (exact) mass is 345 g/mol. The summed E-state index contributed by atoms with van der Waals surface area (Å²) in [6.07, 6.45) is 2.06. The molecule has 1 aliphatic heterocycles. The first-order valence-electron chi connectivity index (χ1n) is 7.43. The molecule has 6 nitrogen and oxygen atoms in total. The van der Waals surface area contributed by atoms with Crippen molar-refractivity contribution in [2.75, 3.05) is 26.7 Å². The fourth-order valence-corrected chi connectivity index (χ4v) is 4.96. The van der Waals surface area contributed by atoms with Gasteiger partial charge in [0.25, 0.3) is 10.0 Å². The van der Waals surface area contributed by atoms with Crippen LogP contribution in [-0.2, 0) is 14.8 Å². The lowest BCUT2D eigenvalue weighted by atomic mass is 9.97. The highest BCUT2D eigenvalue weighted by Crippen LogP contribution is 2.18. The average Bonchev–Trinajstić information content (AvgIpc) is 3.02. The number of rotatable bonds is 6. The van der Waals surface area contributed by atoms with E-state index >= 15 is 0 Å². The number of nitrogens with zero attached hydrogens (tertiary/aromatic N) is 1. The van der Waals surface area contributed by atoms with Gasteiger partial charge in [0.05, 0.1) is 6.04 Å². The Morgan fingerprint density at radius 1 is 1.55 bits per heavy atom. The predicted octanol–water partition coefficient (Wildman–Crippen LogP) is 0.873. The van der Waals surface area contributed by atoms with Gasteiger partial charge >= 0.3 is 0 Å². The second-order valence-electron chi connectivity index (χ2n) is 5.63. The number of hydrogen-bond acceptors (Lipinski definition) is 5. The van der Waals surface area contributed by atoms with Gasteiger partial charge in [-0.15, -0.1) is 11.3 Å². The van der Waals surface area contributed by atoms with Crippen LogP contribution in [0.2, 0.25) is 0 Å². The van der Waals surface area contributed by atoms with Gasteiger partial charge in [0.1, 0.15) is 4.21 Å². The minimum Gasteiger partial charge on any atom is -0.341 e. The number of nitrogens with one attached hydrogen (secondary N) is 2. The van der Waals surface area contributed by atoms with E-state index in [4.69, 9.17) is 0 Å². The van der Waals surface area contributed by atoms with Gasteiger partial charge in [0.2, 0.25) is 5.91 Å². The first-order valence-corrected chi connectivity index (χ1v) is 9.79. The molecule has 1 aliphatic rings. The van der Waals surface area contributed by atoms with Crippen molar-refractivity contribution in [2.24, 2.45) is 5.92 Å². The smallest absolute Gasteiger partial charge is 0.250 e. The summed E-state index contributed by atoms with van der Waals surface area (Å²) < 4.78 is 27.1. The van der Waals surface area contributed by atoms with Crippen LogP contribution in [0.3, 0.4) is 0 Å². The first-order chi connectivity index (χ1) is 10.4. The van der Waals surface area contributed by atoms with Crippen molar-refractivity contribution in [3.05, 3.63) is 17.5 Å². The van der Waals surface area contributed by atoms with Crippen molar-refractivity contribution in [1.82, 2.24) is 14.9 Å². The summed E-state index contributed by atoms with van der Waals surface area (Å²) in [5.41, 5.74) is 0. The van der Waals surface area contributed by atoms with Crippen molar-refractivity contribution in [2.45, 2.75) is 30.0 Å². The summed E-state index contributed by atoms with van der Waals surface area (Å²) in [5.74, 6) is 0.282. The predicted molar refractivity (Wildman–Crippen MR) is 87.3 cm³/mol. The van der Waals surface area contributed by atoms with Gasteiger partial charge in [-0.3, -0.25) is 4.79 Å². The molecule has 1 fully saturated rings. The Labute approximate surface area is 135 Å². The zero-order chi connectivity index (χ0) is 16.2. The molecule has 2 N–H and O–H groups in total. The standard InChI is InChI=1S/C14H23N3O3S2/c1-11(16-22(19,20)13-6-4-8-21-13)14(18)17-7-3-5-12(10-17)9-15-2/h4,6,8,11-12,15-16H,3,5,7,9-10H2,1-2H3. The Hall–Kier alpha value is -0.960. The third-order valence-corrected chi connectivity index (χ3v) is 6.72. The summed E-state index contributed by atoms with van der Waals surface area (Å²) >= 11 is 1.14. The van der Waals surface area contributed by atoms with E-state index in [1.807, 2.05) is 7.05 Å². The van der Waals surface area contributed by atoms with Crippen LogP contribution in [0.1, 0.15) is 19.8 Å². The molecule has 124 valence electrons. The first kappa shape index (κ1) is 17.4. The summed E-state index contributed by atoms with van der Waals surface area (Å²) in [6.45, 7) is 3.86. The number of carbonyl (C=O) groups excluding carboxylic acids is 1. The molecule has 22 heavy (non-hydrogen) atoms.